The lowest BCUT2D eigenvalue weighted by Crippen LogP contribution is -2.30. The van der Waals surface area contributed by atoms with Crippen LogP contribution in [0.2, 0.25) is 0 Å². The molecule has 0 aliphatic carbocycles. The van der Waals surface area contributed by atoms with Crippen LogP contribution in [-0.4, -0.2) is 29.4 Å². The van der Waals surface area contributed by atoms with Gasteiger partial charge in [-0.25, -0.2) is 0 Å². The van der Waals surface area contributed by atoms with Crippen LogP contribution < -0.4 is 10.6 Å². The zero-order valence-corrected chi connectivity index (χ0v) is 17.7. The van der Waals surface area contributed by atoms with Crippen LogP contribution in [0.3, 0.4) is 0 Å². The van der Waals surface area contributed by atoms with Crippen molar-refractivity contribution in [2.24, 2.45) is 0 Å². The molecule has 8 nitrogen and oxygen atoms in total. The second-order valence-electron chi connectivity index (χ2n) is 7.20. The van der Waals surface area contributed by atoms with Gasteiger partial charge in [0.2, 0.25) is 0 Å². The summed E-state index contributed by atoms with van der Waals surface area (Å²) in [6, 6.07) is 10.3. The van der Waals surface area contributed by atoms with Crippen molar-refractivity contribution in [3.05, 3.63) is 63.2 Å². The maximum Gasteiger partial charge on any atom is 0.306 e. The van der Waals surface area contributed by atoms with Crippen LogP contribution in [-0.2, 0) is 14.3 Å². The number of nitrogens with zero attached hydrogens (tertiary/aromatic N) is 1. The number of carbonyl (C=O) groups excluding carboxylic acids is 2. The number of hydrogen-bond donors (Lipinski definition) is 2. The molecule has 0 saturated heterocycles. The van der Waals surface area contributed by atoms with Gasteiger partial charge in [-0.1, -0.05) is 29.8 Å². The standard InChI is InChI=1S/C22H27N3O5/c1-14-12-15(2)21(16(3)13-14)24-22(27)17(4)30-20(26)10-7-11-23-18-8-5-6-9-19(18)25(28)29/h5-6,8-9,12-13,17,23H,7,10-11H2,1-4H3,(H,24,27)/t17-/m1/s1. The maximum atomic E-state index is 12.4. The monoisotopic (exact) mass is 413 g/mol. The minimum absolute atomic E-state index is 0.0212. The van der Waals surface area contributed by atoms with Crippen molar-refractivity contribution in [1.82, 2.24) is 0 Å². The number of nitro benzene ring substituents is 1. The number of ether oxygens (including phenoxy) is 1. The summed E-state index contributed by atoms with van der Waals surface area (Å²) in [4.78, 5) is 35.0. The molecule has 2 aromatic carbocycles. The topological polar surface area (TPSA) is 111 Å². The van der Waals surface area contributed by atoms with E-state index in [-0.39, 0.29) is 12.1 Å². The number of esters is 1. The zero-order valence-electron chi connectivity index (χ0n) is 17.7. The molecule has 1 amide bonds. The van der Waals surface area contributed by atoms with E-state index in [9.17, 15) is 19.7 Å². The van der Waals surface area contributed by atoms with E-state index in [1.54, 1.807) is 18.2 Å². The molecule has 2 rings (SSSR count). The molecule has 30 heavy (non-hydrogen) atoms. The Labute approximate surface area is 175 Å². The number of anilines is 2. The number of rotatable bonds is 9. The summed E-state index contributed by atoms with van der Waals surface area (Å²) >= 11 is 0. The Morgan fingerprint density at radius 2 is 1.77 bits per heavy atom. The van der Waals surface area contributed by atoms with Crippen LogP contribution in [0.1, 0.15) is 36.5 Å². The number of amides is 1. The SMILES string of the molecule is Cc1cc(C)c(NC(=O)[C@@H](C)OC(=O)CCCNc2ccccc2[N+](=O)[O-])c(C)c1. The first kappa shape index (κ1) is 22.9. The number of para-hydroxylation sites is 2. The number of benzene rings is 2. The van der Waals surface area contributed by atoms with Crippen molar-refractivity contribution in [2.45, 2.75) is 46.6 Å². The smallest absolute Gasteiger partial charge is 0.306 e. The molecule has 0 heterocycles. The quantitative estimate of drug-likeness (QED) is 0.275. The Morgan fingerprint density at radius 3 is 2.40 bits per heavy atom. The highest BCUT2D eigenvalue weighted by molar-refractivity contribution is 5.96. The summed E-state index contributed by atoms with van der Waals surface area (Å²) in [5.74, 6) is -0.893. The first-order chi connectivity index (χ1) is 14.2. The fraction of sp³-hybridized carbons (Fsp3) is 0.364. The predicted molar refractivity (Wildman–Crippen MR) is 116 cm³/mol. The summed E-state index contributed by atoms with van der Waals surface area (Å²) in [5.41, 5.74) is 4.10. The molecule has 2 N–H and O–H groups in total. The minimum atomic E-state index is -0.930. The predicted octanol–water partition coefficient (Wildman–Crippen LogP) is 4.28. The molecule has 2 aromatic rings. The highest BCUT2D eigenvalue weighted by Crippen LogP contribution is 2.23. The van der Waals surface area contributed by atoms with E-state index in [0.717, 1.165) is 22.4 Å². The molecule has 0 aliphatic heterocycles. The van der Waals surface area contributed by atoms with Gasteiger partial charge in [-0.15, -0.1) is 0 Å². The van der Waals surface area contributed by atoms with E-state index in [2.05, 4.69) is 10.6 Å². The number of hydrogen-bond acceptors (Lipinski definition) is 6. The molecule has 0 aliphatic rings. The largest absolute Gasteiger partial charge is 0.453 e. The highest BCUT2D eigenvalue weighted by atomic mass is 16.6. The lowest BCUT2D eigenvalue weighted by atomic mass is 10.0. The molecule has 0 spiro atoms. The summed E-state index contributed by atoms with van der Waals surface area (Å²) in [7, 11) is 0. The molecule has 0 saturated carbocycles. The van der Waals surface area contributed by atoms with Gasteiger partial charge in [-0.3, -0.25) is 19.7 Å². The Balaban J connectivity index is 1.79. The molecule has 0 bridgehead atoms. The summed E-state index contributed by atoms with van der Waals surface area (Å²) < 4.78 is 5.22. The third-order valence-corrected chi connectivity index (χ3v) is 4.58. The minimum Gasteiger partial charge on any atom is -0.453 e. The molecular formula is C22H27N3O5. The van der Waals surface area contributed by atoms with Gasteiger partial charge in [0, 0.05) is 24.7 Å². The normalized spacial score (nSPS) is 11.5. The van der Waals surface area contributed by atoms with Gasteiger partial charge < -0.3 is 15.4 Å². The maximum absolute atomic E-state index is 12.4. The summed E-state index contributed by atoms with van der Waals surface area (Å²) in [6.07, 6.45) is -0.427. The van der Waals surface area contributed by atoms with Crippen LogP contribution in [0, 0.1) is 30.9 Å². The fourth-order valence-electron chi connectivity index (χ4n) is 3.15. The highest BCUT2D eigenvalue weighted by Gasteiger charge is 2.19. The van der Waals surface area contributed by atoms with Crippen molar-refractivity contribution in [3.8, 4) is 0 Å². The zero-order chi connectivity index (χ0) is 22.3. The van der Waals surface area contributed by atoms with Crippen LogP contribution in [0.15, 0.2) is 36.4 Å². The third-order valence-electron chi connectivity index (χ3n) is 4.58. The van der Waals surface area contributed by atoms with E-state index in [4.69, 9.17) is 4.74 Å². The van der Waals surface area contributed by atoms with Crippen molar-refractivity contribution >= 4 is 28.9 Å². The van der Waals surface area contributed by atoms with Crippen LogP contribution in [0.5, 0.6) is 0 Å². The van der Waals surface area contributed by atoms with E-state index in [1.165, 1.54) is 13.0 Å². The van der Waals surface area contributed by atoms with Gasteiger partial charge in [0.25, 0.3) is 11.6 Å². The molecule has 0 fully saturated rings. The van der Waals surface area contributed by atoms with E-state index < -0.39 is 22.9 Å². The molecular weight excluding hydrogens is 386 g/mol. The second kappa shape index (κ2) is 10.4. The second-order valence-corrected chi connectivity index (χ2v) is 7.20. The van der Waals surface area contributed by atoms with Gasteiger partial charge in [-0.05, 0) is 51.3 Å². The van der Waals surface area contributed by atoms with E-state index in [0.29, 0.717) is 18.7 Å². The molecule has 160 valence electrons. The molecule has 0 unspecified atom stereocenters. The average molecular weight is 413 g/mol. The molecule has 1 atom stereocenters. The Kier molecular flexibility index (Phi) is 7.91. The van der Waals surface area contributed by atoms with Crippen molar-refractivity contribution in [3.63, 3.8) is 0 Å². The van der Waals surface area contributed by atoms with Gasteiger partial charge in [0.15, 0.2) is 6.10 Å². The Bertz CT molecular complexity index is 919. The molecule has 0 aromatic heterocycles. The van der Waals surface area contributed by atoms with E-state index in [1.807, 2.05) is 32.9 Å². The molecule has 8 heteroatoms. The number of aryl methyl sites for hydroxylation is 3. The first-order valence-corrected chi connectivity index (χ1v) is 9.74. The van der Waals surface area contributed by atoms with Crippen molar-refractivity contribution in [2.75, 3.05) is 17.2 Å². The average Bonchev–Trinajstić information content (AvgIpc) is 2.67. The lowest BCUT2D eigenvalue weighted by Gasteiger charge is -2.17. The van der Waals surface area contributed by atoms with Crippen LogP contribution >= 0.6 is 0 Å². The lowest BCUT2D eigenvalue weighted by molar-refractivity contribution is -0.384. The summed E-state index contributed by atoms with van der Waals surface area (Å²) in [5, 5.41) is 16.8. The van der Waals surface area contributed by atoms with Crippen LogP contribution in [0.25, 0.3) is 0 Å². The number of nitrogens with one attached hydrogen (secondary N) is 2. The van der Waals surface area contributed by atoms with Gasteiger partial charge in [0.1, 0.15) is 5.69 Å². The van der Waals surface area contributed by atoms with E-state index >= 15 is 0 Å². The number of carbonyl (C=O) groups is 2. The van der Waals surface area contributed by atoms with Crippen molar-refractivity contribution in [1.29, 1.82) is 0 Å². The summed E-state index contributed by atoms with van der Waals surface area (Å²) in [6.45, 7) is 7.70. The number of nitro groups is 1. The third kappa shape index (κ3) is 6.30. The first-order valence-electron chi connectivity index (χ1n) is 9.74. The van der Waals surface area contributed by atoms with Gasteiger partial charge in [0.05, 0.1) is 4.92 Å². The Morgan fingerprint density at radius 1 is 1.13 bits per heavy atom. The fourth-order valence-corrected chi connectivity index (χ4v) is 3.15. The Hall–Kier alpha value is -3.42. The molecule has 0 radical (unpaired) electrons. The van der Waals surface area contributed by atoms with Gasteiger partial charge in [-0.2, -0.15) is 0 Å². The van der Waals surface area contributed by atoms with Gasteiger partial charge >= 0.3 is 5.97 Å². The van der Waals surface area contributed by atoms with Crippen molar-refractivity contribution < 1.29 is 19.2 Å². The van der Waals surface area contributed by atoms with Crippen LogP contribution in [0.4, 0.5) is 17.1 Å².